The standard InChI is InChI=1S/C16H24FN3O.2ClH/c1-10(2)19-15-9-12(17)6-7-14(15)20-16(21)11-4-3-5-13(18)8-11;;/h6-7,9-11,13,19H,3-5,8,18H2,1-2H3,(H,20,21);2*1H. The lowest BCUT2D eigenvalue weighted by Crippen LogP contribution is -2.34. The number of halogens is 3. The fourth-order valence-electron chi connectivity index (χ4n) is 2.76. The molecule has 0 spiro atoms. The second kappa shape index (κ2) is 9.96. The molecule has 1 aromatic rings. The van der Waals surface area contributed by atoms with Gasteiger partial charge in [0.1, 0.15) is 5.82 Å². The number of hydrogen-bond acceptors (Lipinski definition) is 3. The summed E-state index contributed by atoms with van der Waals surface area (Å²) < 4.78 is 13.4. The molecule has 1 aliphatic carbocycles. The highest BCUT2D eigenvalue weighted by Gasteiger charge is 2.25. The van der Waals surface area contributed by atoms with Gasteiger partial charge in [0, 0.05) is 18.0 Å². The highest BCUT2D eigenvalue weighted by molar-refractivity contribution is 5.95. The summed E-state index contributed by atoms with van der Waals surface area (Å²) in [6, 6.07) is 4.62. The van der Waals surface area contributed by atoms with E-state index in [1.54, 1.807) is 6.07 Å². The smallest absolute Gasteiger partial charge is 0.227 e. The summed E-state index contributed by atoms with van der Waals surface area (Å²) in [5.74, 6) is -0.398. The Morgan fingerprint density at radius 2 is 1.96 bits per heavy atom. The van der Waals surface area contributed by atoms with E-state index < -0.39 is 0 Å². The van der Waals surface area contributed by atoms with Crippen LogP contribution in [-0.4, -0.2) is 18.0 Å². The minimum Gasteiger partial charge on any atom is -0.381 e. The Labute approximate surface area is 149 Å². The Morgan fingerprint density at radius 3 is 2.57 bits per heavy atom. The molecular formula is C16H26Cl2FN3O. The van der Waals surface area contributed by atoms with E-state index in [-0.39, 0.29) is 54.5 Å². The third-order valence-electron chi connectivity index (χ3n) is 3.77. The van der Waals surface area contributed by atoms with Crippen LogP contribution in [-0.2, 0) is 4.79 Å². The number of nitrogens with two attached hydrogens (primary N) is 1. The molecule has 1 amide bonds. The van der Waals surface area contributed by atoms with E-state index >= 15 is 0 Å². The van der Waals surface area contributed by atoms with Crippen LogP contribution in [0.5, 0.6) is 0 Å². The number of carbonyl (C=O) groups excluding carboxylic acids is 1. The van der Waals surface area contributed by atoms with Crippen molar-refractivity contribution in [2.45, 2.75) is 51.6 Å². The maximum atomic E-state index is 13.4. The van der Waals surface area contributed by atoms with E-state index in [1.807, 2.05) is 13.8 Å². The molecule has 4 nitrogen and oxygen atoms in total. The first-order valence-corrected chi connectivity index (χ1v) is 7.58. The molecule has 0 aliphatic heterocycles. The van der Waals surface area contributed by atoms with Gasteiger partial charge in [0.2, 0.25) is 5.91 Å². The molecule has 1 aromatic carbocycles. The number of amides is 1. The zero-order chi connectivity index (χ0) is 15.4. The van der Waals surface area contributed by atoms with Crippen LogP contribution in [0.3, 0.4) is 0 Å². The Kier molecular flexibility index (Phi) is 9.51. The van der Waals surface area contributed by atoms with E-state index in [0.29, 0.717) is 11.4 Å². The number of carbonyl (C=O) groups is 1. The van der Waals surface area contributed by atoms with Gasteiger partial charge in [0.05, 0.1) is 11.4 Å². The predicted molar refractivity (Wildman–Crippen MR) is 98.2 cm³/mol. The fraction of sp³-hybridized carbons (Fsp3) is 0.562. The van der Waals surface area contributed by atoms with E-state index in [2.05, 4.69) is 10.6 Å². The van der Waals surface area contributed by atoms with Crippen molar-refractivity contribution in [3.05, 3.63) is 24.0 Å². The average Bonchev–Trinajstić information content (AvgIpc) is 2.41. The zero-order valence-electron chi connectivity index (χ0n) is 13.5. The Bertz CT molecular complexity index is 514. The Balaban J connectivity index is 0.00000242. The second-order valence-electron chi connectivity index (χ2n) is 6.10. The van der Waals surface area contributed by atoms with Gasteiger partial charge in [-0.2, -0.15) is 0 Å². The molecule has 132 valence electrons. The lowest BCUT2D eigenvalue weighted by atomic mass is 9.85. The van der Waals surface area contributed by atoms with Crippen molar-refractivity contribution in [3.63, 3.8) is 0 Å². The molecule has 1 aliphatic rings. The lowest BCUT2D eigenvalue weighted by molar-refractivity contribution is -0.120. The van der Waals surface area contributed by atoms with Crippen molar-refractivity contribution < 1.29 is 9.18 Å². The number of nitrogens with one attached hydrogen (secondary N) is 2. The van der Waals surface area contributed by atoms with E-state index in [0.717, 1.165) is 25.7 Å². The molecule has 7 heteroatoms. The number of benzene rings is 1. The van der Waals surface area contributed by atoms with Crippen molar-refractivity contribution in [2.75, 3.05) is 10.6 Å². The SMILES string of the molecule is CC(C)Nc1cc(F)ccc1NC(=O)C1CCCC(N)C1.Cl.Cl. The van der Waals surface area contributed by atoms with Crippen LogP contribution in [0, 0.1) is 11.7 Å². The maximum Gasteiger partial charge on any atom is 0.227 e. The topological polar surface area (TPSA) is 67.1 Å². The predicted octanol–water partition coefficient (Wildman–Crippen LogP) is 3.95. The molecule has 0 aromatic heterocycles. The Morgan fingerprint density at radius 1 is 1.26 bits per heavy atom. The Hall–Kier alpha value is -1.04. The van der Waals surface area contributed by atoms with E-state index in [1.165, 1.54) is 12.1 Å². The van der Waals surface area contributed by atoms with Crippen LogP contribution in [0.2, 0.25) is 0 Å². The van der Waals surface area contributed by atoms with Gasteiger partial charge in [-0.1, -0.05) is 6.42 Å². The number of anilines is 2. The minimum absolute atomic E-state index is 0. The van der Waals surface area contributed by atoms with Gasteiger partial charge in [-0.05, 0) is 51.3 Å². The molecule has 2 rings (SSSR count). The first-order valence-electron chi connectivity index (χ1n) is 7.58. The average molecular weight is 366 g/mol. The summed E-state index contributed by atoms with van der Waals surface area (Å²) in [5.41, 5.74) is 7.16. The highest BCUT2D eigenvalue weighted by atomic mass is 35.5. The molecular weight excluding hydrogens is 340 g/mol. The first kappa shape index (κ1) is 22.0. The summed E-state index contributed by atoms with van der Waals surface area (Å²) in [6.45, 7) is 3.94. The summed E-state index contributed by atoms with van der Waals surface area (Å²) in [7, 11) is 0. The first-order chi connectivity index (χ1) is 9.95. The molecule has 2 atom stereocenters. The quantitative estimate of drug-likeness (QED) is 0.756. The number of rotatable bonds is 4. The molecule has 0 bridgehead atoms. The van der Waals surface area contributed by atoms with Crippen LogP contribution < -0.4 is 16.4 Å². The van der Waals surface area contributed by atoms with Gasteiger partial charge in [0.15, 0.2) is 0 Å². The van der Waals surface area contributed by atoms with Gasteiger partial charge in [0.25, 0.3) is 0 Å². The lowest BCUT2D eigenvalue weighted by Gasteiger charge is -2.26. The van der Waals surface area contributed by atoms with Crippen molar-refractivity contribution >= 4 is 42.1 Å². The third-order valence-corrected chi connectivity index (χ3v) is 3.77. The largest absolute Gasteiger partial charge is 0.381 e. The summed E-state index contributed by atoms with van der Waals surface area (Å²) >= 11 is 0. The van der Waals surface area contributed by atoms with Crippen molar-refractivity contribution in [3.8, 4) is 0 Å². The molecule has 1 saturated carbocycles. The monoisotopic (exact) mass is 365 g/mol. The van der Waals surface area contributed by atoms with Crippen molar-refractivity contribution in [2.24, 2.45) is 11.7 Å². The van der Waals surface area contributed by atoms with E-state index in [9.17, 15) is 9.18 Å². The van der Waals surface area contributed by atoms with Crippen LogP contribution in [0.4, 0.5) is 15.8 Å². The van der Waals surface area contributed by atoms with Gasteiger partial charge in [-0.25, -0.2) is 4.39 Å². The highest BCUT2D eigenvalue weighted by Crippen LogP contribution is 2.28. The molecule has 0 saturated heterocycles. The van der Waals surface area contributed by atoms with Gasteiger partial charge in [-0.3, -0.25) is 4.79 Å². The van der Waals surface area contributed by atoms with E-state index in [4.69, 9.17) is 5.73 Å². The number of hydrogen-bond donors (Lipinski definition) is 3. The molecule has 0 heterocycles. The fourth-order valence-corrected chi connectivity index (χ4v) is 2.76. The third kappa shape index (κ3) is 6.53. The summed E-state index contributed by atoms with van der Waals surface area (Å²) in [4.78, 5) is 12.3. The van der Waals surface area contributed by atoms with Crippen LogP contribution in [0.25, 0.3) is 0 Å². The maximum absolute atomic E-state index is 13.4. The van der Waals surface area contributed by atoms with Crippen LogP contribution in [0.1, 0.15) is 39.5 Å². The van der Waals surface area contributed by atoms with Crippen molar-refractivity contribution in [1.29, 1.82) is 0 Å². The van der Waals surface area contributed by atoms with Crippen molar-refractivity contribution in [1.82, 2.24) is 0 Å². The minimum atomic E-state index is -0.323. The van der Waals surface area contributed by atoms with Gasteiger partial charge in [-0.15, -0.1) is 24.8 Å². The summed E-state index contributed by atoms with van der Waals surface area (Å²) in [6.07, 6.45) is 3.56. The molecule has 23 heavy (non-hydrogen) atoms. The van der Waals surface area contributed by atoms with Gasteiger partial charge >= 0.3 is 0 Å². The molecule has 2 unspecified atom stereocenters. The molecule has 4 N–H and O–H groups in total. The summed E-state index contributed by atoms with van der Waals surface area (Å²) in [5, 5.41) is 6.06. The zero-order valence-corrected chi connectivity index (χ0v) is 15.1. The molecule has 0 radical (unpaired) electrons. The van der Waals surface area contributed by atoms with Crippen LogP contribution >= 0.6 is 24.8 Å². The normalized spacial score (nSPS) is 20.2. The second-order valence-corrected chi connectivity index (χ2v) is 6.10. The van der Waals surface area contributed by atoms with Crippen LogP contribution in [0.15, 0.2) is 18.2 Å². The van der Waals surface area contributed by atoms with Gasteiger partial charge < -0.3 is 16.4 Å². The molecule has 1 fully saturated rings.